The van der Waals surface area contributed by atoms with Gasteiger partial charge in [0.05, 0.1) is 23.2 Å². The van der Waals surface area contributed by atoms with Crippen molar-refractivity contribution in [3.63, 3.8) is 0 Å². The number of para-hydroxylation sites is 1. The van der Waals surface area contributed by atoms with Crippen molar-refractivity contribution >= 4 is 23.4 Å². The van der Waals surface area contributed by atoms with E-state index in [-0.39, 0.29) is 53.3 Å². The van der Waals surface area contributed by atoms with Crippen molar-refractivity contribution in [3.05, 3.63) is 46.4 Å². The van der Waals surface area contributed by atoms with Crippen molar-refractivity contribution in [2.45, 2.75) is 26.2 Å². The minimum atomic E-state index is -0.532. The van der Waals surface area contributed by atoms with E-state index in [1.165, 1.54) is 4.68 Å². The number of hydrogen-bond acceptors (Lipinski definition) is 4. The topological polar surface area (TPSA) is 93.4 Å². The first-order valence-corrected chi connectivity index (χ1v) is 10.4. The Bertz CT molecular complexity index is 1090. The summed E-state index contributed by atoms with van der Waals surface area (Å²) in [6.07, 6.45) is 2.94. The van der Waals surface area contributed by atoms with Gasteiger partial charge in [-0.3, -0.25) is 28.8 Å². The molecule has 5 rings (SSSR count). The van der Waals surface area contributed by atoms with Gasteiger partial charge in [-0.2, -0.15) is 0 Å². The van der Waals surface area contributed by atoms with Gasteiger partial charge < -0.3 is 5.32 Å². The first kappa shape index (κ1) is 18.8. The number of rotatable bonds is 4. The monoisotopic (exact) mass is 408 g/mol. The number of carbonyl (C=O) groups excluding carboxylic acids is 3. The van der Waals surface area contributed by atoms with Crippen LogP contribution in [0.3, 0.4) is 0 Å². The van der Waals surface area contributed by atoms with E-state index in [2.05, 4.69) is 5.32 Å². The molecule has 3 fully saturated rings. The lowest BCUT2D eigenvalue weighted by molar-refractivity contribution is -0.143. The summed E-state index contributed by atoms with van der Waals surface area (Å²) < 4.78 is 3.14. The van der Waals surface area contributed by atoms with E-state index in [0.29, 0.717) is 11.4 Å². The highest BCUT2D eigenvalue weighted by Crippen LogP contribution is 2.56. The van der Waals surface area contributed by atoms with Crippen LogP contribution in [0.5, 0.6) is 0 Å². The highest BCUT2D eigenvalue weighted by atomic mass is 16.2. The lowest BCUT2D eigenvalue weighted by Crippen LogP contribution is -2.39. The lowest BCUT2D eigenvalue weighted by atomic mass is 9.81. The average Bonchev–Trinajstić information content (AvgIpc) is 3.46. The molecular weight excluding hydrogens is 384 g/mol. The van der Waals surface area contributed by atoms with Crippen molar-refractivity contribution in [3.8, 4) is 5.69 Å². The third kappa shape index (κ3) is 2.59. The first-order valence-electron chi connectivity index (χ1n) is 10.4. The van der Waals surface area contributed by atoms with Crippen LogP contribution in [-0.4, -0.2) is 38.5 Å². The fourth-order valence-corrected chi connectivity index (χ4v) is 5.66. The molecule has 0 unspecified atom stereocenters. The Balaban J connectivity index is 1.36. The number of anilines is 1. The average molecular weight is 408 g/mol. The smallest absolute Gasteiger partial charge is 0.295 e. The Kier molecular flexibility index (Phi) is 4.20. The molecule has 3 amide bonds. The highest BCUT2D eigenvalue weighted by molar-refractivity contribution is 6.09. The Morgan fingerprint density at radius 3 is 2.23 bits per heavy atom. The van der Waals surface area contributed by atoms with Gasteiger partial charge in [-0.1, -0.05) is 18.2 Å². The summed E-state index contributed by atoms with van der Waals surface area (Å²) >= 11 is 0. The van der Waals surface area contributed by atoms with Crippen LogP contribution in [0.25, 0.3) is 5.69 Å². The zero-order chi connectivity index (χ0) is 21.2. The Labute approximate surface area is 173 Å². The first-order chi connectivity index (χ1) is 14.4. The standard InChI is InChI=1S/C22H24N4O4/c1-12-19(22(30)26(24(12)2)15-6-4-3-5-7-15)23-16(27)11-25-20(28)17-13-8-9-14(10-13)18(17)21(25)29/h3-7,13-14,17-18H,8-11H2,1-2H3,(H,23,27)/t13-,14-,17+,18+/m0/s1. The molecule has 2 bridgehead atoms. The molecule has 2 aliphatic carbocycles. The van der Waals surface area contributed by atoms with Crippen molar-refractivity contribution in [1.82, 2.24) is 14.3 Å². The second-order valence-corrected chi connectivity index (χ2v) is 8.63. The number of carbonyl (C=O) groups is 3. The number of aromatic nitrogens is 2. The molecule has 4 atom stereocenters. The Hall–Kier alpha value is -3.16. The fourth-order valence-electron chi connectivity index (χ4n) is 5.66. The maximum Gasteiger partial charge on any atom is 0.295 e. The van der Waals surface area contributed by atoms with Crippen LogP contribution in [0.4, 0.5) is 5.69 Å². The Morgan fingerprint density at radius 2 is 1.63 bits per heavy atom. The van der Waals surface area contributed by atoms with E-state index in [9.17, 15) is 19.2 Å². The number of likely N-dealkylation sites (tertiary alicyclic amines) is 1. The second kappa shape index (κ2) is 6.68. The predicted octanol–water partition coefficient (Wildman–Crippen LogP) is 1.45. The van der Waals surface area contributed by atoms with Crippen molar-refractivity contribution < 1.29 is 14.4 Å². The van der Waals surface area contributed by atoms with Crippen LogP contribution in [0.1, 0.15) is 25.0 Å². The quantitative estimate of drug-likeness (QED) is 0.775. The number of nitrogens with one attached hydrogen (secondary N) is 1. The molecule has 156 valence electrons. The lowest BCUT2D eigenvalue weighted by Gasteiger charge is -2.19. The summed E-state index contributed by atoms with van der Waals surface area (Å²) in [6, 6.07) is 9.13. The van der Waals surface area contributed by atoms with Crippen LogP contribution >= 0.6 is 0 Å². The third-order valence-electron chi connectivity index (χ3n) is 7.14. The minimum Gasteiger partial charge on any atom is -0.318 e. The van der Waals surface area contributed by atoms with E-state index in [1.807, 2.05) is 18.2 Å². The van der Waals surface area contributed by atoms with Gasteiger partial charge in [0.25, 0.3) is 5.56 Å². The number of fused-ring (bicyclic) bond motifs is 5. The van der Waals surface area contributed by atoms with Gasteiger partial charge in [0, 0.05) is 7.05 Å². The summed E-state index contributed by atoms with van der Waals surface area (Å²) in [5.74, 6) is -0.929. The normalized spacial score (nSPS) is 27.1. The summed E-state index contributed by atoms with van der Waals surface area (Å²) in [5, 5.41) is 2.64. The molecule has 3 aliphatic rings. The van der Waals surface area contributed by atoms with Crippen LogP contribution in [0.15, 0.2) is 35.1 Å². The molecule has 1 N–H and O–H groups in total. The van der Waals surface area contributed by atoms with Gasteiger partial charge in [-0.05, 0) is 50.2 Å². The molecule has 0 spiro atoms. The molecule has 2 aromatic rings. The molecule has 8 nitrogen and oxygen atoms in total. The van der Waals surface area contributed by atoms with Gasteiger partial charge in [0.2, 0.25) is 17.7 Å². The van der Waals surface area contributed by atoms with Gasteiger partial charge >= 0.3 is 0 Å². The Morgan fingerprint density at radius 1 is 1.03 bits per heavy atom. The van der Waals surface area contributed by atoms with Gasteiger partial charge in [0.15, 0.2) is 0 Å². The van der Waals surface area contributed by atoms with Crippen LogP contribution in [-0.2, 0) is 21.4 Å². The number of nitrogens with zero attached hydrogens (tertiary/aromatic N) is 3. The van der Waals surface area contributed by atoms with E-state index in [1.54, 1.807) is 30.8 Å². The van der Waals surface area contributed by atoms with Crippen LogP contribution in [0, 0.1) is 30.6 Å². The van der Waals surface area contributed by atoms with Gasteiger partial charge in [0.1, 0.15) is 12.2 Å². The summed E-state index contributed by atoms with van der Waals surface area (Å²) in [4.78, 5) is 52.4. The molecule has 30 heavy (non-hydrogen) atoms. The summed E-state index contributed by atoms with van der Waals surface area (Å²) in [5.41, 5.74) is 1.07. The SMILES string of the molecule is Cc1c(NC(=O)CN2C(=O)[C@@H]3[C@H]4CC[C@@H](C4)[C@H]3C2=O)c(=O)n(-c2ccccc2)n1C. The molecule has 2 saturated carbocycles. The number of hydrogen-bond donors (Lipinski definition) is 1. The zero-order valence-corrected chi connectivity index (χ0v) is 17.0. The van der Waals surface area contributed by atoms with E-state index >= 15 is 0 Å². The maximum absolute atomic E-state index is 12.9. The summed E-state index contributed by atoms with van der Waals surface area (Å²) in [7, 11) is 1.74. The molecular formula is C22H24N4O4. The molecule has 8 heteroatoms. The number of amides is 3. The van der Waals surface area contributed by atoms with E-state index in [0.717, 1.165) is 24.2 Å². The molecule has 2 heterocycles. The maximum atomic E-state index is 12.9. The van der Waals surface area contributed by atoms with E-state index < -0.39 is 5.91 Å². The van der Waals surface area contributed by atoms with Gasteiger partial charge in [-0.15, -0.1) is 0 Å². The molecule has 1 saturated heterocycles. The van der Waals surface area contributed by atoms with Gasteiger partial charge in [-0.25, -0.2) is 4.68 Å². The fraction of sp³-hybridized carbons (Fsp3) is 0.455. The molecule has 0 radical (unpaired) electrons. The van der Waals surface area contributed by atoms with Crippen molar-refractivity contribution in [2.24, 2.45) is 30.7 Å². The minimum absolute atomic E-state index is 0.158. The number of imide groups is 1. The van der Waals surface area contributed by atoms with Crippen molar-refractivity contribution in [1.29, 1.82) is 0 Å². The van der Waals surface area contributed by atoms with E-state index in [4.69, 9.17) is 0 Å². The molecule has 1 aromatic carbocycles. The van der Waals surface area contributed by atoms with Crippen LogP contribution < -0.4 is 10.9 Å². The number of benzene rings is 1. The van der Waals surface area contributed by atoms with Crippen molar-refractivity contribution in [2.75, 3.05) is 11.9 Å². The van der Waals surface area contributed by atoms with Crippen LogP contribution in [0.2, 0.25) is 0 Å². The largest absolute Gasteiger partial charge is 0.318 e. The zero-order valence-electron chi connectivity index (χ0n) is 17.0. The third-order valence-corrected chi connectivity index (χ3v) is 7.14. The summed E-state index contributed by atoms with van der Waals surface area (Å²) in [6.45, 7) is 1.40. The second-order valence-electron chi connectivity index (χ2n) is 8.63. The molecule has 1 aromatic heterocycles. The molecule has 1 aliphatic heterocycles. The predicted molar refractivity (Wildman–Crippen MR) is 109 cm³/mol. The highest BCUT2D eigenvalue weighted by Gasteiger charge is 2.60.